The fourth-order valence-corrected chi connectivity index (χ4v) is 11.0. The highest BCUT2D eigenvalue weighted by molar-refractivity contribution is 6.02. The number of benzene rings is 1. The predicted octanol–water partition coefficient (Wildman–Crippen LogP) is 7.57. The van der Waals surface area contributed by atoms with Crippen molar-refractivity contribution in [2.75, 3.05) is 0 Å². The van der Waals surface area contributed by atoms with Crippen molar-refractivity contribution in [2.24, 2.45) is 46.3 Å². The lowest BCUT2D eigenvalue weighted by Crippen LogP contribution is -2.47. The van der Waals surface area contributed by atoms with Gasteiger partial charge in [-0.2, -0.15) is 0 Å². The molecule has 0 heterocycles. The zero-order chi connectivity index (χ0) is 22.4. The van der Waals surface area contributed by atoms with Gasteiger partial charge < -0.3 is 0 Å². The molecule has 8 fully saturated rings. The van der Waals surface area contributed by atoms with Gasteiger partial charge in [0.1, 0.15) is 0 Å². The molecule has 176 valence electrons. The zero-order valence-electron chi connectivity index (χ0n) is 20.4. The molecule has 0 aliphatic heterocycles. The van der Waals surface area contributed by atoms with Crippen molar-refractivity contribution >= 4 is 11.6 Å². The molecule has 0 unspecified atom stereocenters. The van der Waals surface area contributed by atoms with Crippen molar-refractivity contribution in [3.8, 4) is 0 Å². The van der Waals surface area contributed by atoms with Crippen molar-refractivity contribution < 1.29 is 9.59 Å². The third-order valence-electron chi connectivity index (χ3n) is 11.1. The summed E-state index contributed by atoms with van der Waals surface area (Å²) in [5.41, 5.74) is 3.21. The second-order valence-corrected chi connectivity index (χ2v) is 14.1. The van der Waals surface area contributed by atoms with Crippen LogP contribution in [0.3, 0.4) is 0 Å². The molecule has 1 aromatic rings. The van der Waals surface area contributed by atoms with Crippen molar-refractivity contribution in [2.45, 2.75) is 96.8 Å². The molecule has 2 nitrogen and oxygen atoms in total. The second kappa shape index (κ2) is 7.28. The van der Waals surface area contributed by atoms with Gasteiger partial charge in [-0.15, -0.1) is 0 Å². The summed E-state index contributed by atoms with van der Waals surface area (Å²) in [6.45, 7) is 2.06. The van der Waals surface area contributed by atoms with Crippen LogP contribution in [0.15, 0.2) is 18.2 Å². The highest BCUT2D eigenvalue weighted by atomic mass is 16.1. The predicted molar refractivity (Wildman–Crippen MR) is 130 cm³/mol. The van der Waals surface area contributed by atoms with Gasteiger partial charge in [0.05, 0.1) is 0 Å². The van der Waals surface area contributed by atoms with Crippen LogP contribution in [0.5, 0.6) is 0 Å². The van der Waals surface area contributed by atoms with Crippen LogP contribution in [-0.2, 0) is 0 Å². The van der Waals surface area contributed by atoms with Gasteiger partial charge >= 0.3 is 0 Å². The summed E-state index contributed by atoms with van der Waals surface area (Å²) in [4.78, 5) is 27.1. The molecule has 33 heavy (non-hydrogen) atoms. The van der Waals surface area contributed by atoms with Gasteiger partial charge in [0.2, 0.25) is 0 Å². The summed E-state index contributed by atoms with van der Waals surface area (Å²) in [6, 6.07) is 6.06. The Morgan fingerprint density at radius 1 is 0.606 bits per heavy atom. The van der Waals surface area contributed by atoms with E-state index < -0.39 is 0 Å². The first-order chi connectivity index (χ1) is 15.8. The average Bonchev–Trinajstić information content (AvgIpc) is 2.70. The standard InChI is InChI=1S/C31H40O2/c1-19-2-26(28(32)17-30-11-20-4-21(12-30)6-22(5-20)13-30)10-27(3-19)29(33)18-31-14-23-7-24(15-31)9-25(8-23)16-31/h2-3,10,20-25H,4-9,11-18H2,1H3. The quantitative estimate of drug-likeness (QED) is 0.424. The topological polar surface area (TPSA) is 34.1 Å². The van der Waals surface area contributed by atoms with Gasteiger partial charge in [0, 0.05) is 24.0 Å². The van der Waals surface area contributed by atoms with Gasteiger partial charge in [-0.1, -0.05) is 0 Å². The van der Waals surface area contributed by atoms with E-state index in [0.717, 1.165) is 52.2 Å². The maximum atomic E-state index is 13.6. The van der Waals surface area contributed by atoms with Gasteiger partial charge in [0.25, 0.3) is 0 Å². The number of hydrogen-bond acceptors (Lipinski definition) is 2. The molecule has 8 saturated carbocycles. The largest absolute Gasteiger partial charge is 0.294 e. The second-order valence-electron chi connectivity index (χ2n) is 14.1. The van der Waals surface area contributed by atoms with E-state index in [9.17, 15) is 9.59 Å². The van der Waals surface area contributed by atoms with Crippen LogP contribution in [0, 0.1) is 53.3 Å². The highest BCUT2D eigenvalue weighted by Crippen LogP contribution is 2.62. The number of ketones is 2. The SMILES string of the molecule is Cc1cc(C(=O)CC23CC4CC(CC(C4)C2)C3)cc(C(=O)CC23CC4CC(CC(C4)C2)C3)c1. The van der Waals surface area contributed by atoms with Crippen LogP contribution in [0.4, 0.5) is 0 Å². The van der Waals surface area contributed by atoms with E-state index in [4.69, 9.17) is 0 Å². The molecular formula is C31H40O2. The van der Waals surface area contributed by atoms with Gasteiger partial charge in [-0.25, -0.2) is 0 Å². The van der Waals surface area contributed by atoms with E-state index in [2.05, 4.69) is 6.92 Å². The van der Waals surface area contributed by atoms with Gasteiger partial charge in [-0.05, 0) is 154 Å². The van der Waals surface area contributed by atoms with Crippen molar-refractivity contribution in [1.29, 1.82) is 0 Å². The van der Waals surface area contributed by atoms with Crippen LogP contribution in [0.1, 0.15) is 116 Å². The summed E-state index contributed by atoms with van der Waals surface area (Å²) in [5, 5.41) is 0. The monoisotopic (exact) mass is 444 g/mol. The molecular weight excluding hydrogens is 404 g/mol. The van der Waals surface area contributed by atoms with E-state index >= 15 is 0 Å². The number of carbonyl (C=O) groups is 2. The molecule has 0 spiro atoms. The van der Waals surface area contributed by atoms with Gasteiger partial charge in [-0.3, -0.25) is 9.59 Å². The van der Waals surface area contributed by atoms with Crippen LogP contribution < -0.4 is 0 Å². The lowest BCUT2D eigenvalue weighted by molar-refractivity contribution is -0.0526. The number of Topliss-reactive ketones (excluding diaryl/α,β-unsaturated/α-hetero) is 2. The van der Waals surface area contributed by atoms with Gasteiger partial charge in [0.15, 0.2) is 11.6 Å². The molecule has 0 amide bonds. The highest BCUT2D eigenvalue weighted by Gasteiger charge is 2.52. The Balaban J connectivity index is 1.10. The Hall–Kier alpha value is -1.44. The maximum absolute atomic E-state index is 13.6. The minimum atomic E-state index is 0.263. The number of carbonyl (C=O) groups excluding carboxylic acids is 2. The molecule has 0 saturated heterocycles. The Bertz CT molecular complexity index is 853. The van der Waals surface area contributed by atoms with E-state index in [1.165, 1.54) is 77.0 Å². The molecule has 8 bridgehead atoms. The molecule has 8 aliphatic carbocycles. The number of rotatable bonds is 6. The lowest BCUT2D eigenvalue weighted by Gasteiger charge is -2.56. The third kappa shape index (κ3) is 3.66. The first-order valence-electron chi connectivity index (χ1n) is 14.0. The zero-order valence-corrected chi connectivity index (χ0v) is 20.4. The fraction of sp³-hybridized carbons (Fsp3) is 0.742. The Labute approximate surface area is 199 Å². The van der Waals surface area contributed by atoms with Crippen LogP contribution in [-0.4, -0.2) is 11.6 Å². The molecule has 1 aromatic carbocycles. The van der Waals surface area contributed by atoms with E-state index in [1.807, 2.05) is 18.2 Å². The van der Waals surface area contributed by atoms with Crippen LogP contribution >= 0.6 is 0 Å². The summed E-state index contributed by atoms with van der Waals surface area (Å²) in [6.07, 6.45) is 17.6. The molecule has 9 rings (SSSR count). The van der Waals surface area contributed by atoms with E-state index in [0.29, 0.717) is 24.4 Å². The lowest BCUT2D eigenvalue weighted by atomic mass is 9.48. The molecule has 0 aromatic heterocycles. The van der Waals surface area contributed by atoms with Crippen molar-refractivity contribution in [3.63, 3.8) is 0 Å². The first kappa shape index (κ1) is 20.9. The van der Waals surface area contributed by atoms with Crippen molar-refractivity contribution in [3.05, 3.63) is 34.9 Å². The Morgan fingerprint density at radius 3 is 1.21 bits per heavy atom. The van der Waals surface area contributed by atoms with E-state index in [-0.39, 0.29) is 10.8 Å². The first-order valence-corrected chi connectivity index (χ1v) is 14.0. The molecule has 0 atom stereocenters. The summed E-state index contributed by atoms with van der Waals surface area (Å²) in [5.74, 6) is 5.84. The third-order valence-corrected chi connectivity index (χ3v) is 11.1. The minimum absolute atomic E-state index is 0.263. The Kier molecular flexibility index (Phi) is 4.61. The average molecular weight is 445 g/mol. The fourth-order valence-electron chi connectivity index (χ4n) is 11.0. The molecule has 0 N–H and O–H groups in total. The molecule has 2 heteroatoms. The normalized spacial score (nSPS) is 44.4. The summed E-state index contributed by atoms with van der Waals surface area (Å²) in [7, 11) is 0. The molecule has 8 aliphatic rings. The summed E-state index contributed by atoms with van der Waals surface area (Å²) < 4.78 is 0. The smallest absolute Gasteiger partial charge is 0.163 e. The van der Waals surface area contributed by atoms with Crippen LogP contribution in [0.2, 0.25) is 0 Å². The number of aryl methyl sites for hydroxylation is 1. The van der Waals surface area contributed by atoms with Crippen LogP contribution in [0.25, 0.3) is 0 Å². The Morgan fingerprint density at radius 2 is 0.909 bits per heavy atom. The van der Waals surface area contributed by atoms with E-state index in [1.54, 1.807) is 0 Å². The molecule has 0 radical (unpaired) electrons. The number of hydrogen-bond donors (Lipinski definition) is 0. The summed E-state index contributed by atoms with van der Waals surface area (Å²) >= 11 is 0. The maximum Gasteiger partial charge on any atom is 0.163 e. The minimum Gasteiger partial charge on any atom is -0.294 e. The van der Waals surface area contributed by atoms with Crippen molar-refractivity contribution in [1.82, 2.24) is 0 Å².